The molecule has 1 aromatic heterocycles. The number of halogens is 3. The molecule has 3 nitrogen and oxygen atoms in total. The van der Waals surface area contributed by atoms with Gasteiger partial charge in [0.15, 0.2) is 5.15 Å². The standard InChI is InChI=1S/C8H3Cl3N2O/c9-3-1-5-6(2-4(3)10)13-8(14)7(11)12-5/h1-2H,(H,13,14). The van der Waals surface area contributed by atoms with Gasteiger partial charge in [0.25, 0.3) is 5.56 Å². The number of rotatable bonds is 0. The van der Waals surface area contributed by atoms with Crippen molar-refractivity contribution in [3.63, 3.8) is 0 Å². The number of aromatic nitrogens is 2. The van der Waals surface area contributed by atoms with Crippen LogP contribution in [-0.2, 0) is 0 Å². The molecule has 14 heavy (non-hydrogen) atoms. The van der Waals surface area contributed by atoms with Gasteiger partial charge in [-0.3, -0.25) is 4.79 Å². The van der Waals surface area contributed by atoms with Crippen LogP contribution < -0.4 is 5.56 Å². The lowest BCUT2D eigenvalue weighted by Gasteiger charge is -2.00. The van der Waals surface area contributed by atoms with Gasteiger partial charge in [-0.05, 0) is 12.1 Å². The Hall–Kier alpha value is -0.770. The van der Waals surface area contributed by atoms with Crippen LogP contribution in [0.25, 0.3) is 11.0 Å². The lowest BCUT2D eigenvalue weighted by molar-refractivity contribution is 1.22. The Labute approximate surface area is 93.6 Å². The van der Waals surface area contributed by atoms with E-state index in [2.05, 4.69) is 9.97 Å². The van der Waals surface area contributed by atoms with Gasteiger partial charge in [-0.15, -0.1) is 0 Å². The third-order valence-corrected chi connectivity index (χ3v) is 2.67. The third-order valence-electron chi connectivity index (χ3n) is 1.69. The summed E-state index contributed by atoms with van der Waals surface area (Å²) in [6.45, 7) is 0. The van der Waals surface area contributed by atoms with Crippen molar-refractivity contribution in [2.45, 2.75) is 0 Å². The normalized spacial score (nSPS) is 10.8. The Balaban J connectivity index is 2.90. The highest BCUT2D eigenvalue weighted by Gasteiger charge is 2.05. The first-order valence-electron chi connectivity index (χ1n) is 3.62. The smallest absolute Gasteiger partial charge is 0.286 e. The molecule has 2 rings (SSSR count). The van der Waals surface area contributed by atoms with Gasteiger partial charge in [0, 0.05) is 0 Å². The predicted octanol–water partition coefficient (Wildman–Crippen LogP) is 2.88. The number of hydrogen-bond donors (Lipinski definition) is 1. The average Bonchev–Trinajstić information content (AvgIpc) is 2.11. The summed E-state index contributed by atoms with van der Waals surface area (Å²) in [6.07, 6.45) is 0. The van der Waals surface area contributed by atoms with Gasteiger partial charge < -0.3 is 4.98 Å². The van der Waals surface area contributed by atoms with Crippen LogP contribution in [0.15, 0.2) is 16.9 Å². The second kappa shape index (κ2) is 3.42. The van der Waals surface area contributed by atoms with E-state index in [0.29, 0.717) is 21.1 Å². The van der Waals surface area contributed by atoms with E-state index in [4.69, 9.17) is 34.8 Å². The molecule has 0 amide bonds. The summed E-state index contributed by atoms with van der Waals surface area (Å²) in [7, 11) is 0. The van der Waals surface area contributed by atoms with Gasteiger partial charge in [-0.1, -0.05) is 34.8 Å². The Morgan fingerprint density at radius 1 is 1.14 bits per heavy atom. The quantitative estimate of drug-likeness (QED) is 0.780. The van der Waals surface area contributed by atoms with Gasteiger partial charge in [0.2, 0.25) is 0 Å². The Bertz CT molecular complexity index is 564. The average molecular weight is 249 g/mol. The van der Waals surface area contributed by atoms with Crippen molar-refractivity contribution in [1.29, 1.82) is 0 Å². The third kappa shape index (κ3) is 1.59. The van der Waals surface area contributed by atoms with Crippen molar-refractivity contribution in [3.05, 3.63) is 37.7 Å². The highest BCUT2D eigenvalue weighted by atomic mass is 35.5. The fraction of sp³-hybridized carbons (Fsp3) is 0. The number of hydrogen-bond acceptors (Lipinski definition) is 2. The Morgan fingerprint density at radius 2 is 1.79 bits per heavy atom. The van der Waals surface area contributed by atoms with E-state index in [1.165, 1.54) is 6.07 Å². The molecule has 0 bridgehead atoms. The summed E-state index contributed by atoms with van der Waals surface area (Å²) < 4.78 is 0. The maximum Gasteiger partial charge on any atom is 0.286 e. The van der Waals surface area contributed by atoms with Crippen LogP contribution in [0.3, 0.4) is 0 Å². The van der Waals surface area contributed by atoms with Crippen molar-refractivity contribution in [2.24, 2.45) is 0 Å². The number of H-pyrrole nitrogens is 1. The fourth-order valence-electron chi connectivity index (χ4n) is 1.06. The van der Waals surface area contributed by atoms with Gasteiger partial charge in [-0.2, -0.15) is 0 Å². The molecule has 0 radical (unpaired) electrons. The molecule has 0 saturated carbocycles. The molecule has 2 aromatic rings. The van der Waals surface area contributed by atoms with Gasteiger partial charge in [0.05, 0.1) is 21.1 Å². The van der Waals surface area contributed by atoms with Crippen LogP contribution in [0.4, 0.5) is 0 Å². The molecular weight excluding hydrogens is 246 g/mol. The van der Waals surface area contributed by atoms with Crippen molar-refractivity contribution >= 4 is 45.8 Å². The monoisotopic (exact) mass is 248 g/mol. The summed E-state index contributed by atoms with van der Waals surface area (Å²) in [5, 5.41) is 0.615. The molecular formula is C8H3Cl3N2O. The summed E-state index contributed by atoms with van der Waals surface area (Å²) in [5.74, 6) is 0. The second-order valence-corrected chi connectivity index (χ2v) is 3.81. The van der Waals surface area contributed by atoms with Crippen LogP contribution >= 0.6 is 34.8 Å². The minimum absolute atomic E-state index is 0.115. The predicted molar refractivity (Wildman–Crippen MR) is 57.4 cm³/mol. The topological polar surface area (TPSA) is 45.8 Å². The molecule has 1 N–H and O–H groups in total. The molecule has 1 heterocycles. The molecule has 0 aliphatic rings. The van der Waals surface area contributed by atoms with Crippen LogP contribution in [0.5, 0.6) is 0 Å². The van der Waals surface area contributed by atoms with Crippen LogP contribution in [0.1, 0.15) is 0 Å². The van der Waals surface area contributed by atoms with Gasteiger partial charge in [-0.25, -0.2) is 4.98 Å². The molecule has 0 saturated heterocycles. The molecule has 0 aliphatic heterocycles. The maximum atomic E-state index is 11.1. The largest absolute Gasteiger partial charge is 0.318 e. The van der Waals surface area contributed by atoms with Gasteiger partial charge in [0.1, 0.15) is 0 Å². The SMILES string of the molecule is O=c1[nH]c2cc(Cl)c(Cl)cc2nc1Cl. The molecule has 72 valence electrons. The molecule has 0 unspecified atom stereocenters. The number of aromatic amines is 1. The van der Waals surface area contributed by atoms with Crippen LogP contribution in [0, 0.1) is 0 Å². The summed E-state index contributed by atoms with van der Waals surface area (Å²) >= 11 is 17.1. The Kier molecular flexibility index (Phi) is 2.39. The van der Waals surface area contributed by atoms with Crippen LogP contribution in [0.2, 0.25) is 15.2 Å². The van der Waals surface area contributed by atoms with E-state index in [1.54, 1.807) is 6.07 Å². The highest BCUT2D eigenvalue weighted by molar-refractivity contribution is 6.42. The molecule has 0 atom stereocenters. The minimum atomic E-state index is -0.447. The Morgan fingerprint density at radius 3 is 2.50 bits per heavy atom. The summed E-state index contributed by atoms with van der Waals surface area (Å²) in [5.41, 5.74) is 0.565. The zero-order chi connectivity index (χ0) is 10.3. The fourth-order valence-corrected chi connectivity index (χ4v) is 1.52. The van der Waals surface area contributed by atoms with Crippen molar-refractivity contribution in [3.8, 4) is 0 Å². The van der Waals surface area contributed by atoms with Crippen molar-refractivity contribution in [1.82, 2.24) is 9.97 Å². The maximum absolute atomic E-state index is 11.1. The van der Waals surface area contributed by atoms with E-state index in [0.717, 1.165) is 0 Å². The van der Waals surface area contributed by atoms with Crippen molar-refractivity contribution in [2.75, 3.05) is 0 Å². The summed E-state index contributed by atoms with van der Waals surface area (Å²) in [6, 6.07) is 3.07. The molecule has 1 aromatic carbocycles. The number of fused-ring (bicyclic) bond motifs is 1. The van der Waals surface area contributed by atoms with Crippen LogP contribution in [-0.4, -0.2) is 9.97 Å². The number of nitrogens with zero attached hydrogens (tertiary/aromatic N) is 1. The minimum Gasteiger partial charge on any atom is -0.318 e. The van der Waals surface area contributed by atoms with Crippen molar-refractivity contribution < 1.29 is 0 Å². The zero-order valence-corrected chi connectivity index (χ0v) is 8.91. The summed E-state index contributed by atoms with van der Waals surface area (Å²) in [4.78, 5) is 17.5. The lowest BCUT2D eigenvalue weighted by atomic mass is 10.3. The second-order valence-electron chi connectivity index (χ2n) is 2.64. The first kappa shape index (κ1) is 9.77. The molecule has 6 heteroatoms. The zero-order valence-electron chi connectivity index (χ0n) is 6.64. The van der Waals surface area contributed by atoms with E-state index < -0.39 is 5.56 Å². The molecule has 0 aliphatic carbocycles. The lowest BCUT2D eigenvalue weighted by Crippen LogP contribution is -2.08. The van der Waals surface area contributed by atoms with E-state index in [-0.39, 0.29) is 5.15 Å². The van der Waals surface area contributed by atoms with E-state index in [9.17, 15) is 4.79 Å². The number of nitrogens with one attached hydrogen (secondary N) is 1. The first-order valence-corrected chi connectivity index (χ1v) is 4.76. The number of benzene rings is 1. The molecule has 0 spiro atoms. The van der Waals surface area contributed by atoms with Gasteiger partial charge >= 0.3 is 0 Å². The van der Waals surface area contributed by atoms with E-state index in [1.807, 2.05) is 0 Å². The first-order chi connectivity index (χ1) is 6.58. The van der Waals surface area contributed by atoms with E-state index >= 15 is 0 Å². The molecule has 0 fully saturated rings. The highest BCUT2D eigenvalue weighted by Crippen LogP contribution is 2.25.